The summed E-state index contributed by atoms with van der Waals surface area (Å²) in [5.41, 5.74) is 0.645. The van der Waals surface area contributed by atoms with Crippen LogP contribution in [0.15, 0.2) is 35.7 Å². The molecule has 5 nitrogen and oxygen atoms in total. The van der Waals surface area contributed by atoms with E-state index in [1.54, 1.807) is 43.8 Å². The van der Waals surface area contributed by atoms with Crippen LogP contribution in [0.4, 0.5) is 5.69 Å². The molecule has 0 spiro atoms. The fourth-order valence-corrected chi connectivity index (χ4v) is 3.55. The Morgan fingerprint density at radius 2 is 1.96 bits per heavy atom. The second kappa shape index (κ2) is 9.44. The summed E-state index contributed by atoms with van der Waals surface area (Å²) in [6.45, 7) is 4.16. The number of nitrogens with one attached hydrogen (secondary N) is 2. The van der Waals surface area contributed by atoms with Gasteiger partial charge in [0.25, 0.3) is 0 Å². The SMILES string of the molecule is COc1ccc(NC(=O)CC(C)NC(C)Cc2cccs2)c(OC)c1. The summed E-state index contributed by atoms with van der Waals surface area (Å²) in [6, 6.07) is 9.93. The highest BCUT2D eigenvalue weighted by Crippen LogP contribution is 2.29. The van der Waals surface area contributed by atoms with Gasteiger partial charge in [-0.15, -0.1) is 11.3 Å². The Morgan fingerprint density at radius 3 is 2.60 bits per heavy atom. The number of anilines is 1. The summed E-state index contributed by atoms with van der Waals surface area (Å²) in [7, 11) is 3.17. The molecular weight excluding hydrogens is 336 g/mol. The minimum Gasteiger partial charge on any atom is -0.497 e. The second-order valence-corrected chi connectivity index (χ2v) is 7.10. The first-order chi connectivity index (χ1) is 12.0. The van der Waals surface area contributed by atoms with Crippen LogP contribution >= 0.6 is 11.3 Å². The van der Waals surface area contributed by atoms with Crippen molar-refractivity contribution in [2.75, 3.05) is 19.5 Å². The molecular formula is C19H26N2O3S. The van der Waals surface area contributed by atoms with Gasteiger partial charge in [-0.25, -0.2) is 0 Å². The number of amides is 1. The van der Waals surface area contributed by atoms with Crippen molar-refractivity contribution in [2.24, 2.45) is 0 Å². The lowest BCUT2D eigenvalue weighted by molar-refractivity contribution is -0.116. The van der Waals surface area contributed by atoms with Gasteiger partial charge in [0, 0.05) is 29.4 Å². The molecule has 0 radical (unpaired) electrons. The Balaban J connectivity index is 1.84. The quantitative estimate of drug-likeness (QED) is 0.714. The zero-order chi connectivity index (χ0) is 18.2. The highest BCUT2D eigenvalue weighted by atomic mass is 32.1. The lowest BCUT2D eigenvalue weighted by atomic mass is 10.1. The predicted octanol–water partition coefficient (Wildman–Crippen LogP) is 3.70. The largest absolute Gasteiger partial charge is 0.497 e. The molecule has 6 heteroatoms. The lowest BCUT2D eigenvalue weighted by Gasteiger charge is -2.19. The van der Waals surface area contributed by atoms with Crippen LogP contribution in [-0.4, -0.2) is 32.2 Å². The van der Waals surface area contributed by atoms with Gasteiger partial charge in [-0.2, -0.15) is 0 Å². The lowest BCUT2D eigenvalue weighted by Crippen LogP contribution is -2.38. The number of carbonyl (C=O) groups excluding carboxylic acids is 1. The van der Waals surface area contributed by atoms with Crippen molar-refractivity contribution >= 4 is 22.9 Å². The molecule has 0 aliphatic carbocycles. The fraction of sp³-hybridized carbons (Fsp3) is 0.421. The molecule has 1 aromatic carbocycles. The molecule has 0 aliphatic rings. The van der Waals surface area contributed by atoms with E-state index in [4.69, 9.17) is 9.47 Å². The van der Waals surface area contributed by atoms with Crippen LogP contribution in [-0.2, 0) is 11.2 Å². The van der Waals surface area contributed by atoms with Crippen molar-refractivity contribution in [3.05, 3.63) is 40.6 Å². The molecule has 0 fully saturated rings. The van der Waals surface area contributed by atoms with Crippen LogP contribution < -0.4 is 20.1 Å². The summed E-state index contributed by atoms with van der Waals surface area (Å²) in [4.78, 5) is 13.7. The van der Waals surface area contributed by atoms with Gasteiger partial charge < -0.3 is 20.1 Å². The van der Waals surface area contributed by atoms with Crippen LogP contribution in [0.25, 0.3) is 0 Å². The number of hydrogen-bond donors (Lipinski definition) is 2. The van der Waals surface area contributed by atoms with Gasteiger partial charge in [0.1, 0.15) is 11.5 Å². The van der Waals surface area contributed by atoms with E-state index in [2.05, 4.69) is 35.1 Å². The van der Waals surface area contributed by atoms with Crippen LogP contribution in [0.2, 0.25) is 0 Å². The molecule has 0 bridgehead atoms. The minimum absolute atomic E-state index is 0.0493. The number of thiophene rings is 1. The predicted molar refractivity (Wildman–Crippen MR) is 103 cm³/mol. The van der Waals surface area contributed by atoms with Crippen LogP contribution in [0.3, 0.4) is 0 Å². The van der Waals surface area contributed by atoms with E-state index in [0.717, 1.165) is 6.42 Å². The van der Waals surface area contributed by atoms with Crippen molar-refractivity contribution < 1.29 is 14.3 Å². The Labute approximate surface area is 153 Å². The van der Waals surface area contributed by atoms with Crippen LogP contribution in [0.5, 0.6) is 11.5 Å². The maximum Gasteiger partial charge on any atom is 0.226 e. The Hall–Kier alpha value is -2.05. The minimum atomic E-state index is -0.0493. The monoisotopic (exact) mass is 362 g/mol. The Kier molecular flexibility index (Phi) is 7.28. The number of rotatable bonds is 9. The molecule has 0 saturated heterocycles. The average molecular weight is 362 g/mol. The fourth-order valence-electron chi connectivity index (χ4n) is 2.72. The number of hydrogen-bond acceptors (Lipinski definition) is 5. The smallest absolute Gasteiger partial charge is 0.226 e. The molecule has 0 saturated carbocycles. The van der Waals surface area contributed by atoms with Gasteiger partial charge in [-0.3, -0.25) is 4.79 Å². The summed E-state index contributed by atoms with van der Waals surface area (Å²) in [6.07, 6.45) is 1.36. The van der Waals surface area contributed by atoms with Crippen LogP contribution in [0, 0.1) is 0 Å². The Morgan fingerprint density at radius 1 is 1.16 bits per heavy atom. The molecule has 1 amide bonds. The summed E-state index contributed by atoms with van der Waals surface area (Å²) in [5, 5.41) is 8.47. The van der Waals surface area contributed by atoms with E-state index in [0.29, 0.717) is 29.6 Å². The van der Waals surface area contributed by atoms with Crippen molar-refractivity contribution in [2.45, 2.75) is 38.8 Å². The van der Waals surface area contributed by atoms with Gasteiger partial charge in [-0.1, -0.05) is 6.07 Å². The third-order valence-corrected chi connectivity index (χ3v) is 4.73. The molecule has 25 heavy (non-hydrogen) atoms. The van der Waals surface area contributed by atoms with Gasteiger partial charge in [0.15, 0.2) is 0 Å². The van der Waals surface area contributed by atoms with E-state index in [1.165, 1.54) is 4.88 Å². The van der Waals surface area contributed by atoms with Crippen molar-refractivity contribution in [3.8, 4) is 11.5 Å². The summed E-state index contributed by atoms with van der Waals surface area (Å²) >= 11 is 1.76. The summed E-state index contributed by atoms with van der Waals surface area (Å²) < 4.78 is 10.5. The van der Waals surface area contributed by atoms with Crippen molar-refractivity contribution in [3.63, 3.8) is 0 Å². The van der Waals surface area contributed by atoms with E-state index in [9.17, 15) is 4.79 Å². The topological polar surface area (TPSA) is 59.6 Å². The normalized spacial score (nSPS) is 13.1. The molecule has 2 atom stereocenters. The average Bonchev–Trinajstić information content (AvgIpc) is 3.07. The number of benzene rings is 1. The highest BCUT2D eigenvalue weighted by Gasteiger charge is 2.14. The number of methoxy groups -OCH3 is 2. The second-order valence-electron chi connectivity index (χ2n) is 6.07. The molecule has 2 N–H and O–H groups in total. The maximum atomic E-state index is 12.3. The highest BCUT2D eigenvalue weighted by molar-refractivity contribution is 7.09. The van der Waals surface area contributed by atoms with Gasteiger partial charge in [0.05, 0.1) is 19.9 Å². The molecule has 2 aromatic rings. The molecule has 2 unspecified atom stereocenters. The van der Waals surface area contributed by atoms with E-state index in [1.807, 2.05) is 6.92 Å². The van der Waals surface area contributed by atoms with Gasteiger partial charge in [0.2, 0.25) is 5.91 Å². The number of ether oxygens (including phenoxy) is 2. The zero-order valence-corrected chi connectivity index (χ0v) is 16.0. The van der Waals surface area contributed by atoms with Gasteiger partial charge >= 0.3 is 0 Å². The van der Waals surface area contributed by atoms with E-state index < -0.39 is 0 Å². The zero-order valence-electron chi connectivity index (χ0n) is 15.2. The van der Waals surface area contributed by atoms with Gasteiger partial charge in [-0.05, 0) is 43.8 Å². The standard InChI is InChI=1S/C19H26N2O3S/c1-13(10-16-6-5-9-25-16)20-14(2)11-19(22)21-17-8-7-15(23-3)12-18(17)24-4/h5-9,12-14,20H,10-11H2,1-4H3,(H,21,22). The number of carbonyl (C=O) groups is 1. The molecule has 1 heterocycles. The third-order valence-electron chi connectivity index (χ3n) is 3.83. The molecule has 0 aliphatic heterocycles. The maximum absolute atomic E-state index is 12.3. The van der Waals surface area contributed by atoms with Crippen LogP contribution in [0.1, 0.15) is 25.1 Å². The summed E-state index contributed by atoms with van der Waals surface area (Å²) in [5.74, 6) is 1.22. The first-order valence-corrected chi connectivity index (χ1v) is 9.20. The van der Waals surface area contributed by atoms with E-state index in [-0.39, 0.29) is 11.9 Å². The third kappa shape index (κ3) is 6.07. The molecule has 1 aromatic heterocycles. The molecule has 136 valence electrons. The first-order valence-electron chi connectivity index (χ1n) is 8.32. The van der Waals surface area contributed by atoms with E-state index >= 15 is 0 Å². The van der Waals surface area contributed by atoms with Crippen molar-refractivity contribution in [1.29, 1.82) is 0 Å². The molecule has 2 rings (SSSR count). The first kappa shape index (κ1) is 19.3. The van der Waals surface area contributed by atoms with Crippen molar-refractivity contribution in [1.82, 2.24) is 5.32 Å². The Bertz CT molecular complexity index is 673.